The van der Waals surface area contributed by atoms with E-state index in [0.29, 0.717) is 5.69 Å². The van der Waals surface area contributed by atoms with Gasteiger partial charge >= 0.3 is 6.03 Å². The van der Waals surface area contributed by atoms with Crippen LogP contribution in [-0.4, -0.2) is 29.1 Å². The van der Waals surface area contributed by atoms with Crippen LogP contribution in [0.15, 0.2) is 18.2 Å². The molecule has 0 bridgehead atoms. The molecule has 0 saturated carbocycles. The molecule has 2 N–H and O–H groups in total. The zero-order valence-corrected chi connectivity index (χ0v) is 9.45. The van der Waals surface area contributed by atoms with E-state index in [1.807, 2.05) is 0 Å². The number of hydrogen-bond donors (Lipinski definition) is 2. The quantitative estimate of drug-likeness (QED) is 0.739. The molecule has 1 aromatic carbocycles. The molecule has 1 aliphatic heterocycles. The molecule has 17 heavy (non-hydrogen) atoms. The first-order chi connectivity index (χ1) is 8.16. The summed E-state index contributed by atoms with van der Waals surface area (Å²) in [5, 5.41) is 11.6. The highest BCUT2D eigenvalue weighted by Gasteiger charge is 2.16. The maximum absolute atomic E-state index is 13.1. The first-order valence-electron chi connectivity index (χ1n) is 5.71. The first-order valence-corrected chi connectivity index (χ1v) is 5.71. The Balaban J connectivity index is 1.99. The summed E-state index contributed by atoms with van der Waals surface area (Å²) in [6.45, 7) is 1.48. The minimum absolute atomic E-state index is 0.213. The summed E-state index contributed by atoms with van der Waals surface area (Å²) in [6, 6.07) is 3.59. The van der Waals surface area contributed by atoms with Crippen LogP contribution in [0.3, 0.4) is 0 Å². The van der Waals surface area contributed by atoms with E-state index in [-0.39, 0.29) is 6.03 Å². The lowest BCUT2D eigenvalue weighted by Gasteiger charge is -2.26. The number of nitrogens with one attached hydrogen (secondary N) is 1. The molecule has 2 amide bonds. The van der Waals surface area contributed by atoms with Crippen LogP contribution in [-0.2, 0) is 0 Å². The number of amides is 2. The maximum atomic E-state index is 13.1. The van der Waals surface area contributed by atoms with E-state index in [0.717, 1.165) is 38.4 Å². The fourth-order valence-electron chi connectivity index (χ4n) is 1.88. The van der Waals surface area contributed by atoms with Crippen LogP contribution in [0, 0.1) is 5.82 Å². The monoisotopic (exact) mass is 238 g/mol. The summed E-state index contributed by atoms with van der Waals surface area (Å²) < 4.78 is 13.1. The van der Waals surface area contributed by atoms with Crippen molar-refractivity contribution < 1.29 is 14.3 Å². The van der Waals surface area contributed by atoms with Gasteiger partial charge in [-0.2, -0.15) is 0 Å². The third-order valence-electron chi connectivity index (χ3n) is 2.84. The van der Waals surface area contributed by atoms with Gasteiger partial charge in [-0.25, -0.2) is 9.18 Å². The molecule has 1 heterocycles. The molecular weight excluding hydrogens is 223 g/mol. The number of likely N-dealkylation sites (tertiary alicyclic amines) is 1. The van der Waals surface area contributed by atoms with Crippen LogP contribution in [0.1, 0.15) is 19.3 Å². The van der Waals surface area contributed by atoms with Crippen molar-refractivity contribution in [3.63, 3.8) is 0 Å². The average molecular weight is 238 g/mol. The number of halogens is 1. The fraction of sp³-hybridized carbons (Fsp3) is 0.417. The molecule has 0 unspecified atom stereocenters. The predicted octanol–water partition coefficient (Wildman–Crippen LogP) is 2.55. The van der Waals surface area contributed by atoms with Crippen molar-refractivity contribution >= 4 is 11.7 Å². The number of nitrogens with zero attached hydrogens (tertiary/aromatic N) is 1. The Morgan fingerprint density at radius 3 is 2.65 bits per heavy atom. The second-order valence-corrected chi connectivity index (χ2v) is 4.14. The van der Waals surface area contributed by atoms with E-state index in [9.17, 15) is 9.18 Å². The molecule has 1 saturated heterocycles. The molecule has 0 aliphatic carbocycles. The van der Waals surface area contributed by atoms with Gasteiger partial charge in [-0.15, -0.1) is 0 Å². The molecule has 2 rings (SSSR count). The Morgan fingerprint density at radius 2 is 2.00 bits per heavy atom. The van der Waals surface area contributed by atoms with E-state index < -0.39 is 11.6 Å². The number of benzene rings is 1. The van der Waals surface area contributed by atoms with Crippen molar-refractivity contribution in [1.29, 1.82) is 0 Å². The summed E-state index contributed by atoms with van der Waals surface area (Å²) in [5.41, 5.74) is 0.357. The standard InChI is InChI=1S/C12H15FN2O2/c13-10-8-9(4-5-11(10)16)14-12(17)15-6-2-1-3-7-15/h4-5,8,16H,1-3,6-7H2,(H,14,17). The number of carbonyl (C=O) groups is 1. The Morgan fingerprint density at radius 1 is 1.29 bits per heavy atom. The number of rotatable bonds is 1. The van der Waals surface area contributed by atoms with Crippen molar-refractivity contribution in [2.75, 3.05) is 18.4 Å². The van der Waals surface area contributed by atoms with Crippen LogP contribution in [0.4, 0.5) is 14.9 Å². The molecule has 1 aliphatic rings. The summed E-state index contributed by atoms with van der Waals surface area (Å²) in [6.07, 6.45) is 3.17. The lowest BCUT2D eigenvalue weighted by Crippen LogP contribution is -2.38. The van der Waals surface area contributed by atoms with Gasteiger partial charge in [0.2, 0.25) is 0 Å². The van der Waals surface area contributed by atoms with Crippen LogP contribution in [0.25, 0.3) is 0 Å². The van der Waals surface area contributed by atoms with Crippen molar-refractivity contribution in [3.8, 4) is 5.75 Å². The van der Waals surface area contributed by atoms with Gasteiger partial charge in [0.1, 0.15) is 0 Å². The summed E-state index contributed by atoms with van der Waals surface area (Å²) >= 11 is 0. The minimum atomic E-state index is -0.735. The molecule has 1 fully saturated rings. The Hall–Kier alpha value is -1.78. The zero-order chi connectivity index (χ0) is 12.3. The highest BCUT2D eigenvalue weighted by Crippen LogP contribution is 2.20. The Bertz CT molecular complexity index is 417. The van der Waals surface area contributed by atoms with Crippen LogP contribution in [0.5, 0.6) is 5.75 Å². The number of phenols is 1. The average Bonchev–Trinajstić information content (AvgIpc) is 2.35. The SMILES string of the molecule is O=C(Nc1ccc(O)c(F)c1)N1CCCCC1. The van der Waals surface area contributed by atoms with Crippen LogP contribution >= 0.6 is 0 Å². The van der Waals surface area contributed by atoms with E-state index in [2.05, 4.69) is 5.32 Å². The van der Waals surface area contributed by atoms with E-state index in [1.54, 1.807) is 4.90 Å². The number of urea groups is 1. The normalized spacial score (nSPS) is 15.7. The topological polar surface area (TPSA) is 52.6 Å². The van der Waals surface area contributed by atoms with Gasteiger partial charge in [-0.3, -0.25) is 0 Å². The molecule has 0 spiro atoms. The number of aromatic hydroxyl groups is 1. The van der Waals surface area contributed by atoms with Crippen LogP contribution < -0.4 is 5.32 Å². The van der Waals surface area contributed by atoms with E-state index >= 15 is 0 Å². The first kappa shape index (κ1) is 11.7. The van der Waals surface area contributed by atoms with Gasteiger partial charge in [0, 0.05) is 24.8 Å². The largest absolute Gasteiger partial charge is 0.505 e. The summed E-state index contributed by atoms with van der Waals surface area (Å²) in [4.78, 5) is 13.5. The van der Waals surface area contributed by atoms with Crippen LogP contribution in [0.2, 0.25) is 0 Å². The predicted molar refractivity (Wildman–Crippen MR) is 62.5 cm³/mol. The molecule has 92 valence electrons. The molecular formula is C12H15FN2O2. The summed E-state index contributed by atoms with van der Waals surface area (Å²) in [5.74, 6) is -1.15. The number of anilines is 1. The van der Waals surface area contributed by atoms with Gasteiger partial charge in [0.05, 0.1) is 0 Å². The van der Waals surface area contributed by atoms with Crippen molar-refractivity contribution in [3.05, 3.63) is 24.0 Å². The molecule has 5 heteroatoms. The number of hydrogen-bond acceptors (Lipinski definition) is 2. The highest BCUT2D eigenvalue weighted by molar-refractivity contribution is 5.89. The third-order valence-corrected chi connectivity index (χ3v) is 2.84. The van der Waals surface area contributed by atoms with Crippen molar-refractivity contribution in [2.24, 2.45) is 0 Å². The number of phenolic OH excluding ortho intramolecular Hbond substituents is 1. The molecule has 4 nitrogen and oxygen atoms in total. The van der Waals surface area contributed by atoms with Crippen molar-refractivity contribution in [1.82, 2.24) is 4.90 Å². The van der Waals surface area contributed by atoms with Gasteiger partial charge < -0.3 is 15.3 Å². The second kappa shape index (κ2) is 5.03. The third kappa shape index (κ3) is 2.87. The smallest absolute Gasteiger partial charge is 0.321 e. The number of piperidine rings is 1. The molecule has 0 aromatic heterocycles. The lowest BCUT2D eigenvalue weighted by atomic mass is 10.1. The Labute approximate surface area is 99.0 Å². The maximum Gasteiger partial charge on any atom is 0.321 e. The molecule has 0 atom stereocenters. The lowest BCUT2D eigenvalue weighted by molar-refractivity contribution is 0.200. The second-order valence-electron chi connectivity index (χ2n) is 4.14. The zero-order valence-electron chi connectivity index (χ0n) is 9.45. The number of carbonyl (C=O) groups excluding carboxylic acids is 1. The fourth-order valence-corrected chi connectivity index (χ4v) is 1.88. The van der Waals surface area contributed by atoms with Gasteiger partial charge in [0.15, 0.2) is 11.6 Å². The summed E-state index contributed by atoms with van der Waals surface area (Å²) in [7, 11) is 0. The Kier molecular flexibility index (Phi) is 3.46. The van der Waals surface area contributed by atoms with Crippen molar-refractivity contribution in [2.45, 2.75) is 19.3 Å². The minimum Gasteiger partial charge on any atom is -0.505 e. The molecule has 0 radical (unpaired) electrons. The molecule has 1 aromatic rings. The van der Waals surface area contributed by atoms with Gasteiger partial charge in [-0.1, -0.05) is 0 Å². The van der Waals surface area contributed by atoms with E-state index in [1.165, 1.54) is 12.1 Å². The van der Waals surface area contributed by atoms with Gasteiger partial charge in [-0.05, 0) is 31.4 Å². The van der Waals surface area contributed by atoms with Gasteiger partial charge in [0.25, 0.3) is 0 Å². The van der Waals surface area contributed by atoms with E-state index in [4.69, 9.17) is 5.11 Å². The highest BCUT2D eigenvalue weighted by atomic mass is 19.1.